The first-order chi connectivity index (χ1) is 4.40. The van der Waals surface area contributed by atoms with Gasteiger partial charge >= 0.3 is 0 Å². The molecule has 2 fully saturated rings. The molecule has 0 N–H and O–H groups in total. The molecule has 1 aliphatic heterocycles. The maximum absolute atomic E-state index is 5.36. The lowest BCUT2D eigenvalue weighted by Gasteiger charge is -2.12. The third-order valence-corrected chi connectivity index (χ3v) is 2.38. The third-order valence-electron chi connectivity index (χ3n) is 2.38. The summed E-state index contributed by atoms with van der Waals surface area (Å²) in [5.74, 6) is 0.744. The van der Waals surface area contributed by atoms with E-state index in [1.807, 2.05) is 0 Å². The molecule has 1 saturated carbocycles. The van der Waals surface area contributed by atoms with E-state index in [2.05, 4.69) is 12.7 Å². The fraction of sp³-hybridized carbons (Fsp3) is 0.750. The number of ether oxygens (including phenoxy) is 1. The highest BCUT2D eigenvalue weighted by atomic mass is 16.6. The van der Waals surface area contributed by atoms with Crippen molar-refractivity contribution in [2.45, 2.75) is 31.5 Å². The zero-order valence-corrected chi connectivity index (χ0v) is 5.55. The summed E-state index contributed by atoms with van der Waals surface area (Å²) in [6.45, 7) is 3.78. The van der Waals surface area contributed by atoms with Crippen molar-refractivity contribution in [3.8, 4) is 0 Å². The molecule has 0 aromatic rings. The van der Waals surface area contributed by atoms with E-state index in [4.69, 9.17) is 4.74 Å². The Balaban J connectivity index is 1.93. The van der Waals surface area contributed by atoms with Crippen LogP contribution in [0.15, 0.2) is 12.7 Å². The first-order valence-corrected chi connectivity index (χ1v) is 3.68. The fourth-order valence-electron chi connectivity index (χ4n) is 1.65. The second-order valence-corrected chi connectivity index (χ2v) is 3.02. The molecule has 2 rings (SSSR count). The van der Waals surface area contributed by atoms with Crippen LogP contribution in [0.4, 0.5) is 0 Å². The van der Waals surface area contributed by atoms with E-state index in [1.165, 1.54) is 19.3 Å². The highest BCUT2D eigenvalue weighted by molar-refractivity contribution is 4.96. The Morgan fingerprint density at radius 2 is 2.22 bits per heavy atom. The molecule has 1 nitrogen and oxygen atoms in total. The molecule has 2 aliphatic rings. The van der Waals surface area contributed by atoms with Gasteiger partial charge in [0.25, 0.3) is 0 Å². The molecule has 1 saturated heterocycles. The van der Waals surface area contributed by atoms with E-state index in [-0.39, 0.29) is 0 Å². The molecule has 0 aromatic heterocycles. The second kappa shape index (κ2) is 1.84. The van der Waals surface area contributed by atoms with Gasteiger partial charge in [-0.3, -0.25) is 0 Å². The lowest BCUT2D eigenvalue weighted by Crippen LogP contribution is -2.10. The Kier molecular flexibility index (Phi) is 1.12. The number of allylic oxidation sites excluding steroid dienone is 1. The van der Waals surface area contributed by atoms with E-state index in [0.717, 1.165) is 5.92 Å². The number of fused-ring (bicyclic) bond motifs is 1. The molecule has 0 bridgehead atoms. The predicted octanol–water partition coefficient (Wildman–Crippen LogP) is 1.74. The summed E-state index contributed by atoms with van der Waals surface area (Å²) in [7, 11) is 0. The number of hydrogen-bond donors (Lipinski definition) is 0. The second-order valence-electron chi connectivity index (χ2n) is 3.02. The standard InChI is InChI=1S/C8H12O/c1-2-6-3-4-7-8(5-6)9-7/h2,6-8H,1,3-5H2/t6-,7+,8+/m1/s1. The van der Waals surface area contributed by atoms with Gasteiger partial charge in [0, 0.05) is 0 Å². The summed E-state index contributed by atoms with van der Waals surface area (Å²) in [6.07, 6.45) is 7.11. The van der Waals surface area contributed by atoms with Gasteiger partial charge in [-0.2, -0.15) is 0 Å². The highest BCUT2D eigenvalue weighted by Crippen LogP contribution is 2.39. The normalized spacial score (nSPS) is 47.8. The van der Waals surface area contributed by atoms with Gasteiger partial charge < -0.3 is 4.74 Å². The minimum atomic E-state index is 0.613. The van der Waals surface area contributed by atoms with E-state index in [1.54, 1.807) is 0 Å². The molecule has 9 heavy (non-hydrogen) atoms. The van der Waals surface area contributed by atoms with Crippen molar-refractivity contribution < 1.29 is 4.74 Å². The zero-order chi connectivity index (χ0) is 6.27. The smallest absolute Gasteiger partial charge is 0.0847 e. The zero-order valence-electron chi connectivity index (χ0n) is 5.55. The van der Waals surface area contributed by atoms with Gasteiger partial charge in [0.2, 0.25) is 0 Å². The Morgan fingerprint density at radius 3 is 2.89 bits per heavy atom. The van der Waals surface area contributed by atoms with Crippen LogP contribution in [0.2, 0.25) is 0 Å². The van der Waals surface area contributed by atoms with Crippen LogP contribution >= 0.6 is 0 Å². The molecular formula is C8H12O. The van der Waals surface area contributed by atoms with Crippen LogP contribution in [-0.4, -0.2) is 12.2 Å². The number of epoxide rings is 1. The lowest BCUT2D eigenvalue weighted by molar-refractivity contribution is 0.370. The van der Waals surface area contributed by atoms with Gasteiger partial charge in [-0.15, -0.1) is 6.58 Å². The molecule has 0 radical (unpaired) electrons. The van der Waals surface area contributed by atoms with Gasteiger partial charge in [-0.25, -0.2) is 0 Å². The molecule has 1 heterocycles. The topological polar surface area (TPSA) is 12.5 Å². The Hall–Kier alpha value is -0.300. The van der Waals surface area contributed by atoms with Crippen molar-refractivity contribution in [2.24, 2.45) is 5.92 Å². The van der Waals surface area contributed by atoms with Crippen LogP contribution < -0.4 is 0 Å². The van der Waals surface area contributed by atoms with Crippen molar-refractivity contribution in [1.82, 2.24) is 0 Å². The Morgan fingerprint density at radius 1 is 1.33 bits per heavy atom. The lowest BCUT2D eigenvalue weighted by atomic mass is 9.90. The van der Waals surface area contributed by atoms with Crippen LogP contribution in [0, 0.1) is 5.92 Å². The van der Waals surface area contributed by atoms with E-state index in [0.29, 0.717) is 12.2 Å². The largest absolute Gasteiger partial charge is 0.370 e. The molecule has 0 amide bonds. The van der Waals surface area contributed by atoms with Crippen molar-refractivity contribution in [2.75, 3.05) is 0 Å². The average Bonchev–Trinajstić information content (AvgIpc) is 2.64. The van der Waals surface area contributed by atoms with Crippen molar-refractivity contribution in [3.05, 3.63) is 12.7 Å². The summed E-state index contributed by atoms with van der Waals surface area (Å²) < 4.78 is 5.36. The monoisotopic (exact) mass is 124 g/mol. The first-order valence-electron chi connectivity index (χ1n) is 3.68. The van der Waals surface area contributed by atoms with E-state index in [9.17, 15) is 0 Å². The van der Waals surface area contributed by atoms with Crippen molar-refractivity contribution in [1.29, 1.82) is 0 Å². The molecule has 50 valence electrons. The van der Waals surface area contributed by atoms with Crippen molar-refractivity contribution in [3.63, 3.8) is 0 Å². The molecule has 1 aliphatic carbocycles. The van der Waals surface area contributed by atoms with Gasteiger partial charge in [-0.05, 0) is 25.2 Å². The Bertz CT molecular complexity index is 131. The molecule has 3 atom stereocenters. The van der Waals surface area contributed by atoms with Gasteiger partial charge in [0.1, 0.15) is 0 Å². The van der Waals surface area contributed by atoms with Crippen LogP contribution in [0.1, 0.15) is 19.3 Å². The quantitative estimate of drug-likeness (QED) is 0.383. The van der Waals surface area contributed by atoms with Gasteiger partial charge in [-0.1, -0.05) is 6.08 Å². The van der Waals surface area contributed by atoms with E-state index >= 15 is 0 Å². The predicted molar refractivity (Wildman–Crippen MR) is 36.2 cm³/mol. The Labute approximate surface area is 55.7 Å². The highest BCUT2D eigenvalue weighted by Gasteiger charge is 2.42. The van der Waals surface area contributed by atoms with Gasteiger partial charge in [0.05, 0.1) is 12.2 Å². The number of hydrogen-bond acceptors (Lipinski definition) is 1. The molecular weight excluding hydrogens is 112 g/mol. The fourth-order valence-corrected chi connectivity index (χ4v) is 1.65. The summed E-state index contributed by atoms with van der Waals surface area (Å²) in [4.78, 5) is 0. The maximum Gasteiger partial charge on any atom is 0.0847 e. The average molecular weight is 124 g/mol. The minimum absolute atomic E-state index is 0.613. The maximum atomic E-state index is 5.36. The molecule has 0 spiro atoms. The minimum Gasteiger partial charge on any atom is -0.370 e. The first kappa shape index (κ1) is 5.48. The molecule has 0 aromatic carbocycles. The summed E-state index contributed by atoms with van der Waals surface area (Å²) in [6, 6.07) is 0. The van der Waals surface area contributed by atoms with Crippen LogP contribution in [0.3, 0.4) is 0 Å². The van der Waals surface area contributed by atoms with Crippen LogP contribution in [-0.2, 0) is 4.74 Å². The van der Waals surface area contributed by atoms with Crippen LogP contribution in [0.25, 0.3) is 0 Å². The molecule has 1 heteroatoms. The SMILES string of the molecule is C=C[C@@H]1CC[C@@H]2O[C@H]2C1. The third kappa shape index (κ3) is 0.897. The molecule has 0 unspecified atom stereocenters. The number of rotatable bonds is 1. The van der Waals surface area contributed by atoms with Crippen molar-refractivity contribution >= 4 is 0 Å². The van der Waals surface area contributed by atoms with Gasteiger partial charge in [0.15, 0.2) is 0 Å². The summed E-state index contributed by atoms with van der Waals surface area (Å²) in [5.41, 5.74) is 0. The summed E-state index contributed by atoms with van der Waals surface area (Å²) >= 11 is 0. The van der Waals surface area contributed by atoms with Crippen LogP contribution in [0.5, 0.6) is 0 Å². The summed E-state index contributed by atoms with van der Waals surface area (Å²) in [5, 5.41) is 0. The van der Waals surface area contributed by atoms with E-state index < -0.39 is 0 Å².